The number of hydrogen-bond acceptors (Lipinski definition) is 4. The van der Waals surface area contributed by atoms with Gasteiger partial charge in [0.2, 0.25) is 0 Å². The monoisotopic (exact) mass is 1050 g/mol. The Hall–Kier alpha value is -9.76. The van der Waals surface area contributed by atoms with E-state index in [0.717, 1.165) is 111 Å². The second-order valence-electron chi connectivity index (χ2n) is 20.0. The van der Waals surface area contributed by atoms with E-state index in [4.69, 9.17) is 18.8 Å². The molecule has 16 rings (SSSR count). The first kappa shape index (κ1) is 43.6. The average molecular weight is 1050 g/mol. The Morgan fingerprint density at radius 1 is 0.299 bits per heavy atom. The minimum Gasteiger partial charge on any atom is -0.0602 e. The van der Waals surface area contributed by atoms with Crippen molar-refractivity contribution in [2.75, 3.05) is 0 Å². The summed E-state index contributed by atoms with van der Waals surface area (Å²) >= 11 is -4.13. The van der Waals surface area contributed by atoms with E-state index < -0.39 is 13.3 Å². The maximum atomic E-state index is 7.23. The van der Waals surface area contributed by atoms with Crippen molar-refractivity contribution in [2.45, 2.75) is 0 Å². The van der Waals surface area contributed by atoms with E-state index >= 15 is 0 Å². The third-order valence-corrected chi connectivity index (χ3v) is 26.0. The van der Waals surface area contributed by atoms with Gasteiger partial charge in [0.1, 0.15) is 0 Å². The fourth-order valence-corrected chi connectivity index (χ4v) is 23.1. The van der Waals surface area contributed by atoms with Crippen LogP contribution in [0.2, 0.25) is 0 Å². The number of fused-ring (bicyclic) bond motifs is 12. The first-order valence-corrected chi connectivity index (χ1v) is 30.3. The molecule has 0 N–H and O–H groups in total. The van der Waals surface area contributed by atoms with Crippen molar-refractivity contribution in [1.82, 2.24) is 19.1 Å². The van der Waals surface area contributed by atoms with Gasteiger partial charge in [-0.15, -0.1) is 0 Å². The van der Waals surface area contributed by atoms with E-state index in [1.165, 1.54) is 28.4 Å². The SMILES string of the molecule is c1ccc(-n2c3ccccc3c3cc(-c4ccc5oc6[c]([Ge]([c]7ccccc7)([c]7ccccc7)[c]7cccc8c7oc7ccc(-c9cc%10c%11ccccc%11n(-c%11ccccc%11)c%10cn9)cc78)cccc6c5c4)ncc32)cc1. The molecule has 0 amide bonds. The third kappa shape index (κ3) is 6.55. The van der Waals surface area contributed by atoms with E-state index in [1.807, 2.05) is 12.4 Å². The predicted octanol–water partition coefficient (Wildman–Crippen LogP) is 15.2. The first-order chi connectivity index (χ1) is 38.2. The number of pyridine rings is 2. The molecule has 6 nitrogen and oxygen atoms in total. The molecule has 0 unspecified atom stereocenters. The summed E-state index contributed by atoms with van der Waals surface area (Å²) < 4.78 is 24.0. The van der Waals surface area contributed by atoms with E-state index in [2.05, 4.69) is 264 Å². The van der Waals surface area contributed by atoms with Crippen molar-refractivity contribution in [3.63, 3.8) is 0 Å². The minimum atomic E-state index is -4.13. The van der Waals surface area contributed by atoms with Crippen LogP contribution in [0.5, 0.6) is 0 Å². The van der Waals surface area contributed by atoms with Crippen molar-refractivity contribution in [1.29, 1.82) is 0 Å². The summed E-state index contributed by atoms with van der Waals surface area (Å²) in [7, 11) is 0. The van der Waals surface area contributed by atoms with Crippen molar-refractivity contribution < 1.29 is 8.83 Å². The maximum absolute atomic E-state index is 7.23. The van der Waals surface area contributed by atoms with E-state index in [9.17, 15) is 0 Å². The van der Waals surface area contributed by atoms with Crippen LogP contribution >= 0.6 is 0 Å². The van der Waals surface area contributed by atoms with Gasteiger partial charge in [0, 0.05) is 0 Å². The van der Waals surface area contributed by atoms with Crippen molar-refractivity contribution in [2.24, 2.45) is 0 Å². The van der Waals surface area contributed by atoms with Crippen molar-refractivity contribution >= 4 is 118 Å². The topological polar surface area (TPSA) is 61.9 Å². The zero-order valence-corrected chi connectivity index (χ0v) is 43.6. The van der Waals surface area contributed by atoms with Crippen LogP contribution in [-0.4, -0.2) is 32.4 Å². The summed E-state index contributed by atoms with van der Waals surface area (Å²) in [5.74, 6) is 0. The maximum Gasteiger partial charge on any atom is -0.0380 e. The molecular formula is C70H44GeN4O2. The van der Waals surface area contributed by atoms with Gasteiger partial charge in [0.25, 0.3) is 0 Å². The van der Waals surface area contributed by atoms with Crippen molar-refractivity contribution in [3.8, 4) is 33.9 Å². The quantitative estimate of drug-likeness (QED) is 0.142. The molecule has 0 spiro atoms. The number of nitrogens with zero attached hydrogens (tertiary/aromatic N) is 4. The molecule has 0 aliphatic carbocycles. The normalized spacial score (nSPS) is 12.2. The van der Waals surface area contributed by atoms with Crippen LogP contribution in [0.1, 0.15) is 0 Å². The molecule has 360 valence electrons. The minimum absolute atomic E-state index is 0.835. The van der Waals surface area contributed by atoms with Crippen LogP contribution in [0.3, 0.4) is 0 Å². The van der Waals surface area contributed by atoms with E-state index in [-0.39, 0.29) is 0 Å². The molecule has 7 heteroatoms. The summed E-state index contributed by atoms with van der Waals surface area (Å²) in [5.41, 5.74) is 14.0. The summed E-state index contributed by atoms with van der Waals surface area (Å²) in [4.78, 5) is 10.3. The van der Waals surface area contributed by atoms with E-state index in [0.29, 0.717) is 0 Å². The Balaban J connectivity index is 0.878. The zero-order chi connectivity index (χ0) is 50.6. The van der Waals surface area contributed by atoms with Gasteiger partial charge in [-0.2, -0.15) is 0 Å². The molecule has 0 saturated heterocycles. The summed E-state index contributed by atoms with van der Waals surface area (Å²) in [6.45, 7) is 0. The molecule has 0 bridgehead atoms. The number of benzene rings is 10. The summed E-state index contributed by atoms with van der Waals surface area (Å²) in [6.07, 6.45) is 4.05. The fourth-order valence-electron chi connectivity index (χ4n) is 12.6. The van der Waals surface area contributed by atoms with Crippen LogP contribution in [-0.2, 0) is 0 Å². The standard InChI is InChI=1S/C70H44GeN4O2/c1-5-19-47(20-6-1)71(48-21-7-2-8-22-48,59-31-17-29-53-57-39-45(35-37-67(57)76-69(53)59)61-41-55-51-27-13-15-33-63(51)74(65(55)43-72-61)49-23-9-3-10-24-49)60-32-18-30-54-58-40-46(36-38-68(58)77-70(54)60)62-42-56-52-28-14-16-34-64(52)75(66(56)44-73-62)50-25-11-4-12-26-50/h1-44H. The number of para-hydroxylation sites is 6. The van der Waals surface area contributed by atoms with Crippen LogP contribution in [0.15, 0.2) is 276 Å². The number of hydrogen-bond donors (Lipinski definition) is 0. The first-order valence-electron chi connectivity index (χ1n) is 26.1. The molecule has 16 aromatic rings. The Bertz CT molecular complexity index is 4660. The summed E-state index contributed by atoms with van der Waals surface area (Å²) in [6, 6.07) is 91.6. The molecular weight excluding hydrogens is 1000 g/mol. The molecule has 10 aromatic carbocycles. The largest absolute Gasteiger partial charge is 0.0602 e. The van der Waals surface area contributed by atoms with Gasteiger partial charge < -0.3 is 0 Å². The Kier molecular flexibility index (Phi) is 9.71. The van der Waals surface area contributed by atoms with Gasteiger partial charge in [-0.3, -0.25) is 0 Å². The molecule has 6 aromatic heterocycles. The number of aromatic nitrogens is 4. The molecule has 0 atom stereocenters. The van der Waals surface area contributed by atoms with Crippen LogP contribution < -0.4 is 17.6 Å². The van der Waals surface area contributed by atoms with E-state index in [1.54, 1.807) is 0 Å². The molecule has 6 heterocycles. The Labute approximate surface area is 444 Å². The fraction of sp³-hybridized carbons (Fsp3) is 0. The zero-order valence-electron chi connectivity index (χ0n) is 41.5. The molecule has 77 heavy (non-hydrogen) atoms. The molecule has 0 fully saturated rings. The average Bonchev–Trinajstić information content (AvgIpc) is 4.49. The van der Waals surface area contributed by atoms with Gasteiger partial charge in [0.15, 0.2) is 0 Å². The Morgan fingerprint density at radius 3 is 1.13 bits per heavy atom. The second-order valence-corrected chi connectivity index (χ2v) is 27.9. The second kappa shape index (κ2) is 17.1. The smallest absolute Gasteiger partial charge is 0.0380 e. The van der Waals surface area contributed by atoms with Gasteiger partial charge in [-0.25, -0.2) is 0 Å². The molecule has 0 aliphatic heterocycles. The van der Waals surface area contributed by atoms with Crippen LogP contribution in [0.25, 0.3) is 121 Å². The van der Waals surface area contributed by atoms with Gasteiger partial charge >= 0.3 is 375 Å². The number of rotatable bonds is 8. The van der Waals surface area contributed by atoms with Gasteiger partial charge in [-0.05, 0) is 24.3 Å². The molecule has 0 aliphatic rings. The van der Waals surface area contributed by atoms with Crippen LogP contribution in [0, 0.1) is 0 Å². The predicted molar refractivity (Wildman–Crippen MR) is 320 cm³/mol. The van der Waals surface area contributed by atoms with Gasteiger partial charge in [-0.1, -0.05) is 48.5 Å². The summed E-state index contributed by atoms with van der Waals surface area (Å²) in [5, 5.41) is 8.95. The van der Waals surface area contributed by atoms with Crippen LogP contribution in [0.4, 0.5) is 0 Å². The number of furan rings is 2. The van der Waals surface area contributed by atoms with Crippen molar-refractivity contribution in [3.05, 3.63) is 267 Å². The van der Waals surface area contributed by atoms with Gasteiger partial charge in [0.05, 0.1) is 0 Å². The third-order valence-electron chi connectivity index (χ3n) is 16.0. The molecule has 0 radical (unpaired) electrons. The Morgan fingerprint density at radius 2 is 0.688 bits per heavy atom. The molecule has 0 saturated carbocycles.